The van der Waals surface area contributed by atoms with Gasteiger partial charge in [0.15, 0.2) is 0 Å². The molecule has 5 nitrogen and oxygen atoms in total. The van der Waals surface area contributed by atoms with E-state index >= 15 is 0 Å². The molecule has 6 heteroatoms. The summed E-state index contributed by atoms with van der Waals surface area (Å²) >= 11 is 5.70. The lowest BCUT2D eigenvalue weighted by Crippen LogP contribution is -2.11. The fourth-order valence-corrected chi connectivity index (χ4v) is 0.798. The second kappa shape index (κ2) is 3.36. The lowest BCUT2D eigenvalue weighted by Gasteiger charge is -2.02. The maximum absolute atomic E-state index is 5.70. The monoisotopic (exact) mass is 173 g/mol. The highest BCUT2D eigenvalue weighted by Crippen LogP contribution is 2.17. The van der Waals surface area contributed by atoms with Crippen LogP contribution in [0.4, 0.5) is 11.8 Å². The van der Waals surface area contributed by atoms with E-state index in [1.165, 1.54) is 6.20 Å². The van der Waals surface area contributed by atoms with Crippen molar-refractivity contribution in [1.82, 2.24) is 9.97 Å². The van der Waals surface area contributed by atoms with Crippen molar-refractivity contribution in [3.63, 3.8) is 0 Å². The van der Waals surface area contributed by atoms with Gasteiger partial charge in [0, 0.05) is 7.05 Å². The molecular formula is C5H8ClN5. The highest BCUT2D eigenvalue weighted by Gasteiger charge is 2.00. The number of anilines is 2. The molecule has 0 fully saturated rings. The highest BCUT2D eigenvalue weighted by molar-refractivity contribution is 6.32. The van der Waals surface area contributed by atoms with E-state index in [1.54, 1.807) is 7.05 Å². The largest absolute Gasteiger partial charge is 0.372 e. The fraction of sp³-hybridized carbons (Fsp3) is 0.200. The van der Waals surface area contributed by atoms with E-state index in [0.717, 1.165) is 0 Å². The van der Waals surface area contributed by atoms with Crippen LogP contribution in [0.2, 0.25) is 5.02 Å². The molecule has 0 aliphatic rings. The Morgan fingerprint density at radius 1 is 1.64 bits per heavy atom. The number of rotatable bonds is 2. The Hall–Kier alpha value is -1.07. The number of nitrogen functional groups attached to an aromatic ring is 1. The van der Waals surface area contributed by atoms with Crippen LogP contribution in [0.5, 0.6) is 0 Å². The summed E-state index contributed by atoms with van der Waals surface area (Å²) in [6, 6.07) is 0. The van der Waals surface area contributed by atoms with Gasteiger partial charge in [0.2, 0.25) is 5.95 Å². The first-order valence-corrected chi connectivity index (χ1v) is 3.32. The van der Waals surface area contributed by atoms with E-state index in [-0.39, 0.29) is 0 Å². The van der Waals surface area contributed by atoms with Crippen LogP contribution in [0.1, 0.15) is 0 Å². The van der Waals surface area contributed by atoms with Crippen LogP contribution in [0, 0.1) is 0 Å². The zero-order valence-corrected chi connectivity index (χ0v) is 6.68. The van der Waals surface area contributed by atoms with Crippen molar-refractivity contribution in [2.24, 2.45) is 5.84 Å². The quantitative estimate of drug-likeness (QED) is 0.448. The predicted molar refractivity (Wildman–Crippen MR) is 44.4 cm³/mol. The zero-order chi connectivity index (χ0) is 8.27. The smallest absolute Gasteiger partial charge is 0.239 e. The summed E-state index contributed by atoms with van der Waals surface area (Å²) in [6.45, 7) is 0. The second-order valence-electron chi connectivity index (χ2n) is 1.78. The minimum Gasteiger partial charge on any atom is -0.372 e. The van der Waals surface area contributed by atoms with Crippen molar-refractivity contribution in [2.45, 2.75) is 0 Å². The van der Waals surface area contributed by atoms with Gasteiger partial charge < -0.3 is 5.32 Å². The molecule has 0 amide bonds. The molecule has 0 saturated heterocycles. The number of hydrazine groups is 1. The van der Waals surface area contributed by atoms with E-state index in [1.807, 2.05) is 0 Å². The number of nitrogens with two attached hydrogens (primary N) is 1. The lowest BCUT2D eigenvalue weighted by atomic mass is 10.6. The number of hydrogen-bond acceptors (Lipinski definition) is 5. The number of nitrogens with zero attached hydrogens (tertiary/aromatic N) is 2. The molecule has 0 saturated carbocycles. The molecule has 0 aromatic carbocycles. The average Bonchev–Trinajstić information content (AvgIpc) is 2.05. The van der Waals surface area contributed by atoms with Crippen LogP contribution in [-0.4, -0.2) is 17.0 Å². The number of hydrogen-bond donors (Lipinski definition) is 3. The molecule has 1 heterocycles. The Labute approximate surface area is 68.9 Å². The van der Waals surface area contributed by atoms with Crippen molar-refractivity contribution in [3.05, 3.63) is 11.2 Å². The molecule has 0 atom stereocenters. The van der Waals surface area contributed by atoms with Crippen LogP contribution in [0.15, 0.2) is 6.20 Å². The summed E-state index contributed by atoms with van der Waals surface area (Å²) in [5.74, 6) is 5.96. The molecule has 0 radical (unpaired) electrons. The van der Waals surface area contributed by atoms with Crippen molar-refractivity contribution in [1.29, 1.82) is 0 Å². The van der Waals surface area contributed by atoms with Gasteiger partial charge in [0.25, 0.3) is 0 Å². The van der Waals surface area contributed by atoms with Crippen molar-refractivity contribution in [3.8, 4) is 0 Å². The van der Waals surface area contributed by atoms with Gasteiger partial charge in [0.1, 0.15) is 10.8 Å². The zero-order valence-electron chi connectivity index (χ0n) is 5.93. The number of nitrogens with one attached hydrogen (secondary N) is 2. The molecule has 0 unspecified atom stereocenters. The van der Waals surface area contributed by atoms with Crippen molar-refractivity contribution in [2.75, 3.05) is 17.8 Å². The first-order chi connectivity index (χ1) is 5.27. The van der Waals surface area contributed by atoms with Crippen LogP contribution < -0.4 is 16.6 Å². The Kier molecular flexibility index (Phi) is 2.45. The molecule has 0 aliphatic heterocycles. The van der Waals surface area contributed by atoms with Crippen LogP contribution in [0.3, 0.4) is 0 Å². The van der Waals surface area contributed by atoms with Crippen molar-refractivity contribution >= 4 is 23.4 Å². The van der Waals surface area contributed by atoms with Gasteiger partial charge in [-0.25, -0.2) is 10.8 Å². The molecule has 11 heavy (non-hydrogen) atoms. The van der Waals surface area contributed by atoms with Gasteiger partial charge in [-0.3, -0.25) is 5.43 Å². The predicted octanol–water partition coefficient (Wildman–Crippen LogP) is 0.457. The maximum Gasteiger partial charge on any atom is 0.239 e. The third-order valence-electron chi connectivity index (χ3n) is 1.11. The minimum absolute atomic E-state index is 0.332. The molecule has 1 rings (SSSR count). The van der Waals surface area contributed by atoms with Gasteiger partial charge in [0.05, 0.1) is 6.20 Å². The van der Waals surface area contributed by atoms with E-state index in [9.17, 15) is 0 Å². The Morgan fingerprint density at radius 3 is 2.91 bits per heavy atom. The molecule has 0 bridgehead atoms. The van der Waals surface area contributed by atoms with Gasteiger partial charge in [-0.1, -0.05) is 11.6 Å². The van der Waals surface area contributed by atoms with E-state index in [4.69, 9.17) is 17.4 Å². The number of halogens is 1. The Bertz CT molecular complexity index is 251. The summed E-state index contributed by atoms with van der Waals surface area (Å²) < 4.78 is 0. The van der Waals surface area contributed by atoms with Crippen LogP contribution in [0.25, 0.3) is 0 Å². The standard InChI is InChI=1S/C5H8ClN5/c1-8-4-3(6)2-9-5(10-4)11-7/h2H,7H2,1H3,(H2,8,9,10,11). The van der Waals surface area contributed by atoms with E-state index in [2.05, 4.69) is 20.7 Å². The van der Waals surface area contributed by atoms with Crippen molar-refractivity contribution < 1.29 is 0 Å². The third-order valence-corrected chi connectivity index (χ3v) is 1.39. The Balaban J connectivity index is 3.02. The summed E-state index contributed by atoms with van der Waals surface area (Å²) in [4.78, 5) is 7.71. The third kappa shape index (κ3) is 1.69. The topological polar surface area (TPSA) is 75.9 Å². The summed E-state index contributed by atoms with van der Waals surface area (Å²) in [5.41, 5.74) is 2.31. The summed E-state index contributed by atoms with van der Waals surface area (Å²) in [5, 5.41) is 3.26. The number of aromatic nitrogens is 2. The first kappa shape index (κ1) is 8.03. The molecule has 4 N–H and O–H groups in total. The molecule has 60 valence electrons. The van der Waals surface area contributed by atoms with Crippen LogP contribution in [-0.2, 0) is 0 Å². The van der Waals surface area contributed by atoms with E-state index in [0.29, 0.717) is 16.8 Å². The normalized spacial score (nSPS) is 9.36. The van der Waals surface area contributed by atoms with Crippen LogP contribution >= 0.6 is 11.6 Å². The van der Waals surface area contributed by atoms with Gasteiger partial charge in [-0.15, -0.1) is 0 Å². The second-order valence-corrected chi connectivity index (χ2v) is 2.19. The SMILES string of the molecule is CNc1nc(NN)ncc1Cl. The fourth-order valence-electron chi connectivity index (χ4n) is 0.612. The first-order valence-electron chi connectivity index (χ1n) is 2.95. The van der Waals surface area contributed by atoms with Gasteiger partial charge in [-0.05, 0) is 0 Å². The van der Waals surface area contributed by atoms with Gasteiger partial charge >= 0.3 is 0 Å². The molecule has 1 aromatic heterocycles. The molecule has 0 spiro atoms. The lowest BCUT2D eigenvalue weighted by molar-refractivity contribution is 1.11. The highest BCUT2D eigenvalue weighted by atomic mass is 35.5. The molecule has 1 aromatic rings. The van der Waals surface area contributed by atoms with E-state index < -0.39 is 0 Å². The minimum atomic E-state index is 0.332. The Morgan fingerprint density at radius 2 is 2.36 bits per heavy atom. The summed E-state index contributed by atoms with van der Waals surface area (Å²) in [7, 11) is 1.72. The molecular weight excluding hydrogens is 166 g/mol. The van der Waals surface area contributed by atoms with Gasteiger partial charge in [-0.2, -0.15) is 4.98 Å². The molecule has 0 aliphatic carbocycles. The summed E-state index contributed by atoms with van der Waals surface area (Å²) in [6.07, 6.45) is 1.47. The maximum atomic E-state index is 5.70. The average molecular weight is 174 g/mol.